The third-order valence-corrected chi connectivity index (χ3v) is 8.74. The standard InChI is InChI=1S/C39H46N6O6/c1-26(2)20-31-24-44(39(49)30-8-5-10-32(23-30)45-19-7-18-41-45)25-36(46)40-17-6-9-28-22-29(13-16-35(28)51-4)37(47)43-34(38(48)42-31)21-27-11-14-33(50-3)15-12-27/h5,7-8,10-16,18-19,22-23,26,31,34H,6,9,17,20-21,24-25H2,1-4H3,(H,40,46)(H,42,48)(H,43,47)/t31-,34-/m0/s1. The van der Waals surface area contributed by atoms with Crippen LogP contribution in [0.5, 0.6) is 11.5 Å². The maximum atomic E-state index is 14.2. The van der Waals surface area contributed by atoms with Gasteiger partial charge in [0.05, 0.1) is 26.5 Å². The van der Waals surface area contributed by atoms with Crippen molar-refractivity contribution in [2.24, 2.45) is 5.92 Å². The van der Waals surface area contributed by atoms with Gasteiger partial charge >= 0.3 is 0 Å². The minimum Gasteiger partial charge on any atom is -0.497 e. The molecule has 12 nitrogen and oxygen atoms in total. The molecule has 0 spiro atoms. The van der Waals surface area contributed by atoms with Gasteiger partial charge in [-0.3, -0.25) is 19.2 Å². The summed E-state index contributed by atoms with van der Waals surface area (Å²) in [4.78, 5) is 56.9. The number of carbonyl (C=O) groups is 4. The van der Waals surface area contributed by atoms with Crippen molar-refractivity contribution in [1.29, 1.82) is 0 Å². The van der Waals surface area contributed by atoms with E-state index in [1.807, 2.05) is 32.0 Å². The van der Waals surface area contributed by atoms with Crippen LogP contribution in [0.25, 0.3) is 5.69 Å². The number of ether oxygens (including phenoxy) is 2. The number of nitrogens with zero attached hydrogens (tertiary/aromatic N) is 3. The molecule has 4 amide bonds. The van der Waals surface area contributed by atoms with E-state index in [0.29, 0.717) is 54.1 Å². The number of aryl methyl sites for hydroxylation is 1. The SMILES string of the molecule is COc1ccc(C[C@@H]2NC(=O)c3ccc(OC)c(c3)CCCNC(=O)CN(C(=O)c3cccc(-n4cccn4)c3)C[C@H](CC(C)C)NC2=O)cc1. The van der Waals surface area contributed by atoms with Gasteiger partial charge in [0.15, 0.2) is 0 Å². The van der Waals surface area contributed by atoms with Crippen molar-refractivity contribution in [3.8, 4) is 17.2 Å². The number of rotatable bonds is 8. The van der Waals surface area contributed by atoms with E-state index in [4.69, 9.17) is 9.47 Å². The highest BCUT2D eigenvalue weighted by Gasteiger charge is 2.29. The Morgan fingerprint density at radius 2 is 1.76 bits per heavy atom. The van der Waals surface area contributed by atoms with E-state index in [9.17, 15) is 19.2 Å². The molecule has 268 valence electrons. The van der Waals surface area contributed by atoms with Crippen molar-refractivity contribution in [3.05, 3.63) is 107 Å². The molecular weight excluding hydrogens is 648 g/mol. The van der Waals surface area contributed by atoms with Gasteiger partial charge in [0.25, 0.3) is 11.8 Å². The summed E-state index contributed by atoms with van der Waals surface area (Å²) in [6, 6.07) is 19.9. The number of methoxy groups -OCH3 is 2. The van der Waals surface area contributed by atoms with Crippen molar-refractivity contribution in [2.75, 3.05) is 33.9 Å². The largest absolute Gasteiger partial charge is 0.497 e. The van der Waals surface area contributed by atoms with Crippen LogP contribution < -0.4 is 25.4 Å². The number of nitrogens with one attached hydrogen (secondary N) is 3. The molecule has 5 rings (SSSR count). The zero-order valence-corrected chi connectivity index (χ0v) is 29.6. The quantitative estimate of drug-likeness (QED) is 0.253. The molecule has 1 aliphatic rings. The second-order valence-electron chi connectivity index (χ2n) is 13.1. The first-order chi connectivity index (χ1) is 24.6. The lowest BCUT2D eigenvalue weighted by Crippen LogP contribution is -2.54. The highest BCUT2D eigenvalue weighted by Crippen LogP contribution is 2.22. The molecule has 2 bridgehead atoms. The zero-order chi connectivity index (χ0) is 36.3. The van der Waals surface area contributed by atoms with E-state index in [0.717, 1.165) is 11.1 Å². The summed E-state index contributed by atoms with van der Waals surface area (Å²) in [6.07, 6.45) is 5.28. The third kappa shape index (κ3) is 9.96. The zero-order valence-electron chi connectivity index (χ0n) is 29.6. The molecule has 0 aliphatic carbocycles. The molecule has 51 heavy (non-hydrogen) atoms. The minimum atomic E-state index is -0.944. The molecule has 1 aliphatic heterocycles. The van der Waals surface area contributed by atoms with Crippen LogP contribution in [0.15, 0.2) is 85.2 Å². The molecule has 3 aromatic carbocycles. The molecule has 0 fully saturated rings. The van der Waals surface area contributed by atoms with E-state index >= 15 is 0 Å². The van der Waals surface area contributed by atoms with Crippen molar-refractivity contribution in [1.82, 2.24) is 30.6 Å². The normalized spacial score (nSPS) is 17.6. The highest BCUT2D eigenvalue weighted by atomic mass is 16.5. The number of amides is 4. The van der Waals surface area contributed by atoms with E-state index in [2.05, 4.69) is 21.0 Å². The summed E-state index contributed by atoms with van der Waals surface area (Å²) in [5.41, 5.74) is 3.09. The molecule has 3 N–H and O–H groups in total. The van der Waals surface area contributed by atoms with E-state index in [1.165, 1.54) is 4.90 Å². The fourth-order valence-corrected chi connectivity index (χ4v) is 6.22. The summed E-state index contributed by atoms with van der Waals surface area (Å²) in [7, 11) is 3.15. The molecule has 2 atom stereocenters. The van der Waals surface area contributed by atoms with Gasteiger partial charge in [-0.2, -0.15) is 5.10 Å². The summed E-state index contributed by atoms with van der Waals surface area (Å²) in [5, 5.41) is 13.3. The van der Waals surface area contributed by atoms with Crippen LogP contribution in [-0.4, -0.2) is 84.2 Å². The van der Waals surface area contributed by atoms with Gasteiger partial charge in [0.2, 0.25) is 11.8 Å². The van der Waals surface area contributed by atoms with Gasteiger partial charge in [-0.05, 0) is 90.9 Å². The fourth-order valence-electron chi connectivity index (χ4n) is 6.22. The first kappa shape index (κ1) is 36.6. The Bertz CT molecular complexity index is 1810. The van der Waals surface area contributed by atoms with Crippen LogP contribution in [0.4, 0.5) is 0 Å². The van der Waals surface area contributed by atoms with Crippen molar-refractivity contribution in [2.45, 2.75) is 51.6 Å². The lowest BCUT2D eigenvalue weighted by molar-refractivity contribution is -0.123. The Morgan fingerprint density at radius 1 is 0.961 bits per heavy atom. The Kier molecular flexibility index (Phi) is 12.4. The van der Waals surface area contributed by atoms with Gasteiger partial charge in [-0.1, -0.05) is 32.0 Å². The van der Waals surface area contributed by atoms with E-state index in [-0.39, 0.29) is 37.2 Å². The maximum Gasteiger partial charge on any atom is 0.254 e. The number of fused-ring (bicyclic) bond motifs is 2. The van der Waals surface area contributed by atoms with Gasteiger partial charge in [-0.15, -0.1) is 0 Å². The predicted molar refractivity (Wildman–Crippen MR) is 193 cm³/mol. The second kappa shape index (κ2) is 17.3. The van der Waals surface area contributed by atoms with Gasteiger partial charge in [0, 0.05) is 49.1 Å². The Labute approximate surface area is 298 Å². The average Bonchev–Trinajstić information content (AvgIpc) is 3.67. The molecular formula is C39H46N6O6. The number of benzene rings is 3. The third-order valence-electron chi connectivity index (χ3n) is 8.74. The fraction of sp³-hybridized carbons (Fsp3) is 0.359. The van der Waals surface area contributed by atoms with Crippen LogP contribution in [-0.2, 0) is 22.4 Å². The van der Waals surface area contributed by atoms with Gasteiger partial charge < -0.3 is 30.3 Å². The number of hydrogen-bond acceptors (Lipinski definition) is 7. The lowest BCUT2D eigenvalue weighted by atomic mass is 10.00. The Morgan fingerprint density at radius 3 is 2.47 bits per heavy atom. The smallest absolute Gasteiger partial charge is 0.254 e. The average molecular weight is 695 g/mol. The molecule has 0 unspecified atom stereocenters. The van der Waals surface area contributed by atoms with Crippen LogP contribution >= 0.6 is 0 Å². The van der Waals surface area contributed by atoms with E-state index in [1.54, 1.807) is 85.9 Å². The Hall–Kier alpha value is -5.65. The molecule has 0 saturated heterocycles. The van der Waals surface area contributed by atoms with Crippen LogP contribution in [0.1, 0.15) is 58.5 Å². The molecule has 4 aromatic rings. The topological polar surface area (TPSA) is 144 Å². The summed E-state index contributed by atoms with van der Waals surface area (Å²) in [5.74, 6) is -0.0447. The number of hydrogen-bond donors (Lipinski definition) is 3. The summed E-state index contributed by atoms with van der Waals surface area (Å²) in [6.45, 7) is 4.27. The molecule has 12 heteroatoms. The summed E-state index contributed by atoms with van der Waals surface area (Å²) < 4.78 is 12.5. The molecule has 2 heterocycles. The molecule has 1 aromatic heterocycles. The minimum absolute atomic E-state index is 0.0728. The number of carbonyl (C=O) groups excluding carboxylic acids is 4. The first-order valence-corrected chi connectivity index (χ1v) is 17.2. The van der Waals surface area contributed by atoms with Crippen LogP contribution in [0.2, 0.25) is 0 Å². The van der Waals surface area contributed by atoms with Crippen LogP contribution in [0, 0.1) is 5.92 Å². The van der Waals surface area contributed by atoms with Crippen molar-refractivity contribution < 1.29 is 28.7 Å². The predicted octanol–water partition coefficient (Wildman–Crippen LogP) is 3.97. The monoisotopic (exact) mass is 694 g/mol. The Balaban J connectivity index is 1.49. The lowest BCUT2D eigenvalue weighted by Gasteiger charge is -2.30. The highest BCUT2D eigenvalue weighted by molar-refractivity contribution is 5.98. The van der Waals surface area contributed by atoms with E-state index < -0.39 is 23.9 Å². The number of aromatic nitrogens is 2. The van der Waals surface area contributed by atoms with Crippen molar-refractivity contribution in [3.63, 3.8) is 0 Å². The van der Waals surface area contributed by atoms with Crippen LogP contribution in [0.3, 0.4) is 0 Å². The van der Waals surface area contributed by atoms with Gasteiger partial charge in [-0.25, -0.2) is 4.68 Å². The van der Waals surface area contributed by atoms with Crippen molar-refractivity contribution >= 4 is 23.6 Å². The maximum absolute atomic E-state index is 14.2. The van der Waals surface area contributed by atoms with Gasteiger partial charge in [0.1, 0.15) is 17.5 Å². The molecule has 0 radical (unpaired) electrons. The molecule has 0 saturated carbocycles. The summed E-state index contributed by atoms with van der Waals surface area (Å²) >= 11 is 0. The second-order valence-corrected chi connectivity index (χ2v) is 13.1. The first-order valence-electron chi connectivity index (χ1n) is 17.2.